The van der Waals surface area contributed by atoms with Crippen molar-refractivity contribution in [2.45, 2.75) is 19.9 Å². The van der Waals surface area contributed by atoms with Gasteiger partial charge in [0.1, 0.15) is 0 Å². The van der Waals surface area contributed by atoms with Crippen molar-refractivity contribution < 1.29 is 0 Å². The first kappa shape index (κ1) is 23.7. The Balaban J connectivity index is 1.27. The third-order valence-corrected chi connectivity index (χ3v) is 7.46. The Labute approximate surface area is 212 Å². The van der Waals surface area contributed by atoms with E-state index in [-0.39, 0.29) is 6.04 Å². The van der Waals surface area contributed by atoms with Crippen LogP contribution in [0.5, 0.6) is 0 Å². The molecule has 0 bridgehead atoms. The monoisotopic (exact) mass is 490 g/mol. The molecule has 0 saturated carbocycles. The summed E-state index contributed by atoms with van der Waals surface area (Å²) in [5.41, 5.74) is 1.96. The number of benzene rings is 1. The van der Waals surface area contributed by atoms with Crippen LogP contribution in [0.1, 0.15) is 13.8 Å². The Morgan fingerprint density at radius 2 is 1.63 bits per heavy atom. The summed E-state index contributed by atoms with van der Waals surface area (Å²) in [6, 6.07) is 14.7. The summed E-state index contributed by atoms with van der Waals surface area (Å²) in [5.74, 6) is 2.34. The van der Waals surface area contributed by atoms with Gasteiger partial charge in [-0.3, -0.25) is 4.98 Å². The highest BCUT2D eigenvalue weighted by atomic mass is 32.1. The number of rotatable bonds is 4. The van der Waals surface area contributed by atoms with Gasteiger partial charge in [0.25, 0.3) is 0 Å². The Bertz CT molecular complexity index is 1150. The van der Waals surface area contributed by atoms with Gasteiger partial charge in [0.15, 0.2) is 16.7 Å². The van der Waals surface area contributed by atoms with E-state index in [1.165, 1.54) is 0 Å². The van der Waals surface area contributed by atoms with Gasteiger partial charge in [0.2, 0.25) is 0 Å². The van der Waals surface area contributed by atoms with Gasteiger partial charge >= 0.3 is 0 Å². The summed E-state index contributed by atoms with van der Waals surface area (Å²) in [6.45, 7) is 11.2. The summed E-state index contributed by atoms with van der Waals surface area (Å²) in [5, 5.41) is 14.5. The number of piperazine rings is 2. The minimum absolute atomic E-state index is 0.274. The molecule has 9 heteroatoms. The summed E-state index contributed by atoms with van der Waals surface area (Å²) in [4.78, 5) is 13.8. The maximum atomic E-state index is 5.91. The molecule has 0 spiro atoms. The van der Waals surface area contributed by atoms with Crippen molar-refractivity contribution in [3.63, 3.8) is 0 Å². The van der Waals surface area contributed by atoms with Crippen molar-refractivity contribution in [2.24, 2.45) is 5.92 Å². The molecule has 0 radical (unpaired) electrons. The summed E-state index contributed by atoms with van der Waals surface area (Å²) >= 11 is 5.91. The van der Waals surface area contributed by atoms with Gasteiger partial charge < -0.3 is 24.9 Å². The Kier molecular flexibility index (Phi) is 6.97. The molecule has 1 unspecified atom stereocenters. The third-order valence-electron chi connectivity index (χ3n) is 7.12. The van der Waals surface area contributed by atoms with E-state index in [0.29, 0.717) is 5.92 Å². The molecule has 3 aromatic rings. The van der Waals surface area contributed by atoms with Gasteiger partial charge in [0.05, 0.1) is 11.6 Å². The van der Waals surface area contributed by atoms with Crippen molar-refractivity contribution in [3.8, 4) is 0 Å². The maximum Gasteiger partial charge on any atom is 0.173 e. The number of pyridine rings is 1. The van der Waals surface area contributed by atoms with Crippen molar-refractivity contribution in [1.29, 1.82) is 0 Å². The number of thiocarbonyl (C=S) groups is 1. The second-order valence-corrected chi connectivity index (χ2v) is 10.2. The van der Waals surface area contributed by atoms with Crippen LogP contribution >= 0.6 is 12.2 Å². The van der Waals surface area contributed by atoms with E-state index in [1.807, 2.05) is 24.4 Å². The molecule has 1 atom stereocenters. The highest BCUT2D eigenvalue weighted by Gasteiger charge is 2.32. The second-order valence-electron chi connectivity index (χ2n) is 9.80. The fraction of sp³-hybridized carbons (Fsp3) is 0.462. The second kappa shape index (κ2) is 10.3. The summed E-state index contributed by atoms with van der Waals surface area (Å²) in [6.07, 6.45) is 1.82. The number of aromatic nitrogens is 3. The molecule has 4 heterocycles. The van der Waals surface area contributed by atoms with E-state index in [4.69, 9.17) is 12.2 Å². The van der Waals surface area contributed by atoms with Crippen LogP contribution in [0.15, 0.2) is 48.7 Å². The Morgan fingerprint density at radius 1 is 0.914 bits per heavy atom. The molecule has 0 aliphatic carbocycles. The number of nitrogens with zero attached hydrogens (tertiary/aromatic N) is 7. The normalized spacial score (nSPS) is 19.4. The average Bonchev–Trinajstić information content (AvgIpc) is 2.89. The minimum atomic E-state index is 0.274. The lowest BCUT2D eigenvalue weighted by molar-refractivity contribution is 0.227. The van der Waals surface area contributed by atoms with Crippen molar-refractivity contribution in [2.75, 3.05) is 68.0 Å². The summed E-state index contributed by atoms with van der Waals surface area (Å²) in [7, 11) is 2.16. The lowest BCUT2D eigenvalue weighted by atomic mass is 10.00. The SMILES string of the molecule is CC(C)C1CN(c2ccc(N3CCN(C)CC3)nn2)CCN1C(=S)Nc1cccc2ncccc12. The van der Waals surface area contributed by atoms with Gasteiger partial charge in [-0.25, -0.2) is 0 Å². The summed E-state index contributed by atoms with van der Waals surface area (Å²) < 4.78 is 0. The molecule has 0 amide bonds. The first-order chi connectivity index (χ1) is 17.0. The molecule has 1 N–H and O–H groups in total. The number of likely N-dealkylation sites (N-methyl/N-ethyl adjacent to an activating group) is 1. The zero-order valence-corrected chi connectivity index (χ0v) is 21.6. The van der Waals surface area contributed by atoms with E-state index < -0.39 is 0 Å². The van der Waals surface area contributed by atoms with Crippen LogP contribution in [0, 0.1) is 5.92 Å². The Hall–Kier alpha value is -3.04. The van der Waals surface area contributed by atoms with Gasteiger partial charge in [-0.1, -0.05) is 19.9 Å². The van der Waals surface area contributed by atoms with Crippen molar-refractivity contribution >= 4 is 45.6 Å². The lowest BCUT2D eigenvalue weighted by Crippen LogP contribution is -2.58. The van der Waals surface area contributed by atoms with E-state index >= 15 is 0 Å². The Morgan fingerprint density at radius 3 is 2.34 bits per heavy atom. The third kappa shape index (κ3) is 5.16. The topological polar surface area (TPSA) is 63.7 Å². The number of anilines is 3. The molecule has 2 aliphatic heterocycles. The molecule has 2 aliphatic rings. The van der Waals surface area contributed by atoms with Gasteiger partial charge in [-0.2, -0.15) is 0 Å². The van der Waals surface area contributed by atoms with Crippen LogP contribution in [0.3, 0.4) is 0 Å². The molecular formula is C26H34N8S. The fourth-order valence-corrected chi connectivity index (χ4v) is 5.27. The van der Waals surface area contributed by atoms with Gasteiger partial charge in [-0.15, -0.1) is 10.2 Å². The first-order valence-corrected chi connectivity index (χ1v) is 12.8. The first-order valence-electron chi connectivity index (χ1n) is 12.4. The van der Waals surface area contributed by atoms with Crippen LogP contribution < -0.4 is 15.1 Å². The van der Waals surface area contributed by atoms with E-state index in [0.717, 1.165) is 79.2 Å². The molecule has 8 nitrogen and oxygen atoms in total. The molecule has 2 fully saturated rings. The predicted molar refractivity (Wildman–Crippen MR) is 147 cm³/mol. The molecular weight excluding hydrogens is 456 g/mol. The van der Waals surface area contributed by atoms with Crippen LogP contribution in [-0.4, -0.2) is 89.0 Å². The minimum Gasteiger partial charge on any atom is -0.353 e. The van der Waals surface area contributed by atoms with Crippen LogP contribution in [0.4, 0.5) is 17.3 Å². The van der Waals surface area contributed by atoms with Gasteiger partial charge in [0, 0.05) is 63.1 Å². The molecule has 5 rings (SSSR count). The highest BCUT2D eigenvalue weighted by Crippen LogP contribution is 2.26. The van der Waals surface area contributed by atoms with Crippen LogP contribution in [-0.2, 0) is 0 Å². The van der Waals surface area contributed by atoms with Gasteiger partial charge in [-0.05, 0) is 61.6 Å². The fourth-order valence-electron chi connectivity index (χ4n) is 4.93. The molecule has 35 heavy (non-hydrogen) atoms. The van der Waals surface area contributed by atoms with Crippen LogP contribution in [0.2, 0.25) is 0 Å². The van der Waals surface area contributed by atoms with E-state index in [2.05, 4.69) is 85.3 Å². The predicted octanol–water partition coefficient (Wildman–Crippen LogP) is 3.32. The number of hydrogen-bond acceptors (Lipinski definition) is 7. The maximum absolute atomic E-state index is 5.91. The quantitative estimate of drug-likeness (QED) is 0.555. The smallest absolute Gasteiger partial charge is 0.173 e. The number of fused-ring (bicyclic) bond motifs is 1. The van der Waals surface area contributed by atoms with Crippen molar-refractivity contribution in [1.82, 2.24) is 25.0 Å². The standard InChI is InChI=1S/C26H34N8S/c1-19(2)23-18-33(25-10-9-24(29-30-25)32-14-12-31(3)13-15-32)16-17-34(23)26(35)28-22-8-4-7-21-20(22)6-5-11-27-21/h4-11,19,23H,12-18H2,1-3H3,(H,28,35). The lowest BCUT2D eigenvalue weighted by Gasteiger charge is -2.45. The molecule has 184 valence electrons. The number of hydrogen-bond donors (Lipinski definition) is 1. The van der Waals surface area contributed by atoms with Crippen molar-refractivity contribution in [3.05, 3.63) is 48.7 Å². The zero-order valence-electron chi connectivity index (χ0n) is 20.8. The molecule has 2 aromatic heterocycles. The molecule has 1 aromatic carbocycles. The zero-order chi connectivity index (χ0) is 24.4. The van der Waals surface area contributed by atoms with E-state index in [9.17, 15) is 0 Å². The average molecular weight is 491 g/mol. The largest absolute Gasteiger partial charge is 0.353 e. The van der Waals surface area contributed by atoms with E-state index in [1.54, 1.807) is 0 Å². The highest BCUT2D eigenvalue weighted by molar-refractivity contribution is 7.80. The van der Waals surface area contributed by atoms with Crippen LogP contribution in [0.25, 0.3) is 10.9 Å². The molecule has 2 saturated heterocycles. The number of nitrogens with one attached hydrogen (secondary N) is 1.